The van der Waals surface area contributed by atoms with Gasteiger partial charge in [-0.2, -0.15) is 0 Å². The fraction of sp³-hybridized carbons (Fsp3) is 0.583. The van der Waals surface area contributed by atoms with Crippen LogP contribution in [0.4, 0.5) is 0 Å². The highest BCUT2D eigenvalue weighted by Gasteiger charge is 2.35. The van der Waals surface area contributed by atoms with Gasteiger partial charge in [0, 0.05) is 16.7 Å². The van der Waals surface area contributed by atoms with Crippen molar-refractivity contribution in [3.8, 4) is 0 Å². The molecular weight excluding hydrogens is 272 g/mol. The molecule has 0 saturated heterocycles. The third-order valence-corrected chi connectivity index (χ3v) is 4.97. The highest BCUT2D eigenvalue weighted by molar-refractivity contribution is 9.11. The molecule has 0 atom stereocenters. The van der Waals surface area contributed by atoms with Gasteiger partial charge in [0.25, 0.3) is 0 Å². The molecule has 1 aromatic rings. The second kappa shape index (κ2) is 4.38. The zero-order chi connectivity index (χ0) is 10.9. The summed E-state index contributed by atoms with van der Waals surface area (Å²) in [7, 11) is 0. The zero-order valence-electron chi connectivity index (χ0n) is 8.88. The van der Waals surface area contributed by atoms with Gasteiger partial charge in [0.1, 0.15) is 5.78 Å². The van der Waals surface area contributed by atoms with E-state index in [-0.39, 0.29) is 5.41 Å². The molecule has 1 fully saturated rings. The van der Waals surface area contributed by atoms with Crippen LogP contribution < -0.4 is 0 Å². The summed E-state index contributed by atoms with van der Waals surface area (Å²) in [6.45, 7) is 2.13. The molecule has 2 rings (SSSR count). The largest absolute Gasteiger partial charge is 0.299 e. The third-order valence-electron chi connectivity index (χ3n) is 3.34. The van der Waals surface area contributed by atoms with Crippen LogP contribution in [0.3, 0.4) is 0 Å². The first-order chi connectivity index (χ1) is 7.10. The maximum absolute atomic E-state index is 12.1. The molecule has 1 aliphatic carbocycles. The molecule has 1 aliphatic rings. The molecule has 1 heterocycles. The van der Waals surface area contributed by atoms with Crippen molar-refractivity contribution in [3.05, 3.63) is 20.8 Å². The summed E-state index contributed by atoms with van der Waals surface area (Å²) < 4.78 is 1.11. The SMILES string of the molecule is CC1(C(=O)Cc2ccc(Br)s2)CCCC1. The van der Waals surface area contributed by atoms with Crippen LogP contribution in [0.5, 0.6) is 0 Å². The zero-order valence-corrected chi connectivity index (χ0v) is 11.3. The second-order valence-corrected chi connectivity index (χ2v) is 7.12. The van der Waals surface area contributed by atoms with Crippen LogP contribution in [0.2, 0.25) is 0 Å². The fourth-order valence-corrected chi connectivity index (χ4v) is 3.73. The van der Waals surface area contributed by atoms with E-state index in [1.54, 1.807) is 11.3 Å². The Labute approximate surface area is 103 Å². The third kappa shape index (κ3) is 2.51. The van der Waals surface area contributed by atoms with Crippen molar-refractivity contribution in [1.82, 2.24) is 0 Å². The lowest BCUT2D eigenvalue weighted by Crippen LogP contribution is -2.25. The van der Waals surface area contributed by atoms with E-state index < -0.39 is 0 Å². The van der Waals surface area contributed by atoms with Crippen molar-refractivity contribution in [2.75, 3.05) is 0 Å². The van der Waals surface area contributed by atoms with Gasteiger partial charge in [-0.1, -0.05) is 19.8 Å². The summed E-state index contributed by atoms with van der Waals surface area (Å²) in [6.07, 6.45) is 5.22. The number of carbonyl (C=O) groups excluding carboxylic acids is 1. The highest BCUT2D eigenvalue weighted by Crippen LogP contribution is 2.39. The Bertz CT molecular complexity index is 363. The molecule has 1 aromatic heterocycles. The van der Waals surface area contributed by atoms with Crippen LogP contribution in [0, 0.1) is 5.41 Å². The van der Waals surface area contributed by atoms with E-state index in [2.05, 4.69) is 22.9 Å². The lowest BCUT2D eigenvalue weighted by Gasteiger charge is -2.21. The van der Waals surface area contributed by atoms with Crippen LogP contribution >= 0.6 is 27.3 Å². The van der Waals surface area contributed by atoms with Gasteiger partial charge in [-0.05, 0) is 40.9 Å². The first-order valence-corrected chi connectivity index (χ1v) is 6.99. The predicted molar refractivity (Wildman–Crippen MR) is 67.3 cm³/mol. The van der Waals surface area contributed by atoms with E-state index in [0.29, 0.717) is 12.2 Å². The van der Waals surface area contributed by atoms with Crippen LogP contribution in [0.25, 0.3) is 0 Å². The van der Waals surface area contributed by atoms with E-state index in [9.17, 15) is 4.79 Å². The standard InChI is InChI=1S/C12H15BrOS/c1-12(6-2-3-7-12)10(14)8-9-4-5-11(13)15-9/h4-5H,2-3,6-8H2,1H3. The van der Waals surface area contributed by atoms with Crippen molar-refractivity contribution in [2.24, 2.45) is 5.41 Å². The summed E-state index contributed by atoms with van der Waals surface area (Å²) in [5.74, 6) is 0.425. The molecule has 1 nitrogen and oxygen atoms in total. The summed E-state index contributed by atoms with van der Waals surface area (Å²) in [5, 5.41) is 0. The quantitative estimate of drug-likeness (QED) is 0.814. The molecule has 1 saturated carbocycles. The number of carbonyl (C=O) groups is 1. The number of halogens is 1. The molecule has 0 amide bonds. The van der Waals surface area contributed by atoms with E-state index in [1.807, 2.05) is 12.1 Å². The van der Waals surface area contributed by atoms with Gasteiger partial charge < -0.3 is 0 Å². The lowest BCUT2D eigenvalue weighted by atomic mass is 9.82. The minimum absolute atomic E-state index is 0.0313. The van der Waals surface area contributed by atoms with Crippen molar-refractivity contribution < 1.29 is 4.79 Å². The Hall–Kier alpha value is -0.150. The smallest absolute Gasteiger partial charge is 0.143 e. The Morgan fingerprint density at radius 2 is 2.13 bits per heavy atom. The fourth-order valence-electron chi connectivity index (χ4n) is 2.25. The Morgan fingerprint density at radius 3 is 2.67 bits per heavy atom. The van der Waals surface area contributed by atoms with Crippen LogP contribution in [0.15, 0.2) is 15.9 Å². The van der Waals surface area contributed by atoms with Gasteiger partial charge in [0.2, 0.25) is 0 Å². The number of thiophene rings is 1. The molecule has 0 aliphatic heterocycles. The number of Topliss-reactive ketones (excluding diaryl/α,β-unsaturated/α-hetero) is 1. The van der Waals surface area contributed by atoms with E-state index in [4.69, 9.17) is 0 Å². The Balaban J connectivity index is 2.03. The van der Waals surface area contributed by atoms with Gasteiger partial charge in [0.15, 0.2) is 0 Å². The predicted octanol–water partition coefficient (Wildman–Crippen LogP) is 4.20. The minimum Gasteiger partial charge on any atom is -0.299 e. The maximum atomic E-state index is 12.1. The number of ketones is 1. The molecule has 0 radical (unpaired) electrons. The van der Waals surface area contributed by atoms with Crippen molar-refractivity contribution in [3.63, 3.8) is 0 Å². The van der Waals surface area contributed by atoms with E-state index in [0.717, 1.165) is 16.6 Å². The average molecular weight is 287 g/mol. The lowest BCUT2D eigenvalue weighted by molar-refractivity contribution is -0.126. The van der Waals surface area contributed by atoms with Gasteiger partial charge in [-0.15, -0.1) is 11.3 Å². The van der Waals surface area contributed by atoms with Crippen LogP contribution in [0.1, 0.15) is 37.5 Å². The molecule has 3 heteroatoms. The summed E-state index contributed by atoms with van der Waals surface area (Å²) in [5.41, 5.74) is -0.0313. The maximum Gasteiger partial charge on any atom is 0.143 e. The number of rotatable bonds is 3. The van der Waals surface area contributed by atoms with Crippen molar-refractivity contribution in [1.29, 1.82) is 0 Å². The Morgan fingerprint density at radius 1 is 1.47 bits per heavy atom. The van der Waals surface area contributed by atoms with Crippen molar-refractivity contribution in [2.45, 2.75) is 39.0 Å². The number of hydrogen-bond donors (Lipinski definition) is 0. The van der Waals surface area contributed by atoms with Gasteiger partial charge >= 0.3 is 0 Å². The van der Waals surface area contributed by atoms with Gasteiger partial charge in [-0.3, -0.25) is 4.79 Å². The molecular formula is C12H15BrOS. The summed E-state index contributed by atoms with van der Waals surface area (Å²) in [6, 6.07) is 4.06. The van der Waals surface area contributed by atoms with Crippen molar-refractivity contribution >= 4 is 33.0 Å². The monoisotopic (exact) mass is 286 g/mol. The topological polar surface area (TPSA) is 17.1 Å². The first kappa shape index (κ1) is 11.3. The average Bonchev–Trinajstić information content (AvgIpc) is 2.76. The molecule has 0 aromatic carbocycles. The minimum atomic E-state index is -0.0313. The van der Waals surface area contributed by atoms with E-state index in [1.165, 1.54) is 17.7 Å². The molecule has 0 bridgehead atoms. The summed E-state index contributed by atoms with van der Waals surface area (Å²) >= 11 is 5.10. The van der Waals surface area contributed by atoms with Gasteiger partial charge in [-0.25, -0.2) is 0 Å². The summed E-state index contributed by atoms with van der Waals surface area (Å²) in [4.78, 5) is 13.3. The molecule has 0 unspecified atom stereocenters. The highest BCUT2D eigenvalue weighted by atomic mass is 79.9. The normalized spacial score (nSPS) is 19.3. The Kier molecular flexibility index (Phi) is 3.31. The van der Waals surface area contributed by atoms with Crippen LogP contribution in [-0.2, 0) is 11.2 Å². The second-order valence-electron chi connectivity index (χ2n) is 4.57. The molecule has 0 N–H and O–H groups in total. The first-order valence-electron chi connectivity index (χ1n) is 5.38. The van der Waals surface area contributed by atoms with Gasteiger partial charge in [0.05, 0.1) is 3.79 Å². The molecule has 82 valence electrons. The van der Waals surface area contributed by atoms with Crippen LogP contribution in [-0.4, -0.2) is 5.78 Å². The number of hydrogen-bond acceptors (Lipinski definition) is 2. The van der Waals surface area contributed by atoms with E-state index >= 15 is 0 Å². The molecule has 15 heavy (non-hydrogen) atoms. The molecule has 0 spiro atoms.